The SMILES string of the molecule is CCc1ccc(CCC(=O)N(Cc2ccc(Cl)c(Cl)c2)[C@@H](CC)C(=O)NCC(C)C)cc1. The van der Waals surface area contributed by atoms with Crippen LogP contribution in [0.15, 0.2) is 42.5 Å². The van der Waals surface area contributed by atoms with E-state index >= 15 is 0 Å². The van der Waals surface area contributed by atoms with Gasteiger partial charge in [0.2, 0.25) is 11.8 Å². The molecule has 0 aliphatic carbocycles. The van der Waals surface area contributed by atoms with Gasteiger partial charge in [-0.2, -0.15) is 0 Å². The molecule has 0 bridgehead atoms. The number of carbonyl (C=O) groups excluding carboxylic acids is 2. The number of carbonyl (C=O) groups is 2. The average Bonchev–Trinajstić information content (AvgIpc) is 2.78. The zero-order chi connectivity index (χ0) is 23.7. The molecule has 2 aromatic rings. The lowest BCUT2D eigenvalue weighted by Crippen LogP contribution is -2.49. The number of amides is 2. The molecule has 0 unspecified atom stereocenters. The normalized spacial score (nSPS) is 12.0. The van der Waals surface area contributed by atoms with Crippen molar-refractivity contribution in [1.82, 2.24) is 10.2 Å². The summed E-state index contributed by atoms with van der Waals surface area (Å²) in [6, 6.07) is 13.1. The van der Waals surface area contributed by atoms with Crippen molar-refractivity contribution >= 4 is 35.0 Å². The Kier molecular flexibility index (Phi) is 10.5. The summed E-state index contributed by atoms with van der Waals surface area (Å²) in [4.78, 5) is 27.9. The Bertz CT molecular complexity index is 897. The minimum atomic E-state index is -0.543. The highest BCUT2D eigenvalue weighted by Gasteiger charge is 2.28. The van der Waals surface area contributed by atoms with Crippen molar-refractivity contribution in [2.24, 2.45) is 5.92 Å². The highest BCUT2D eigenvalue weighted by molar-refractivity contribution is 6.42. The average molecular weight is 477 g/mol. The van der Waals surface area contributed by atoms with Gasteiger partial charge < -0.3 is 10.2 Å². The summed E-state index contributed by atoms with van der Waals surface area (Å²) in [6.45, 7) is 9.02. The number of rotatable bonds is 11. The first-order valence-electron chi connectivity index (χ1n) is 11.3. The summed E-state index contributed by atoms with van der Waals surface area (Å²) in [5, 5.41) is 3.88. The van der Waals surface area contributed by atoms with Crippen molar-refractivity contribution in [2.45, 2.75) is 66.0 Å². The molecular weight excluding hydrogens is 443 g/mol. The molecule has 1 N–H and O–H groups in total. The molecule has 4 nitrogen and oxygen atoms in total. The van der Waals surface area contributed by atoms with Crippen LogP contribution in [0.1, 0.15) is 57.2 Å². The van der Waals surface area contributed by atoms with E-state index in [0.29, 0.717) is 48.3 Å². The monoisotopic (exact) mass is 476 g/mol. The highest BCUT2D eigenvalue weighted by Crippen LogP contribution is 2.24. The molecule has 2 amide bonds. The van der Waals surface area contributed by atoms with Gasteiger partial charge in [-0.3, -0.25) is 9.59 Å². The van der Waals surface area contributed by atoms with Crippen molar-refractivity contribution in [2.75, 3.05) is 6.54 Å². The van der Waals surface area contributed by atoms with E-state index in [0.717, 1.165) is 17.5 Å². The van der Waals surface area contributed by atoms with E-state index in [1.54, 1.807) is 17.0 Å². The second-order valence-corrected chi connectivity index (χ2v) is 9.32. The number of hydrogen-bond acceptors (Lipinski definition) is 2. The Morgan fingerprint density at radius 1 is 0.938 bits per heavy atom. The maximum absolute atomic E-state index is 13.3. The van der Waals surface area contributed by atoms with E-state index in [1.165, 1.54) is 5.56 Å². The van der Waals surface area contributed by atoms with Crippen molar-refractivity contribution < 1.29 is 9.59 Å². The summed E-state index contributed by atoms with van der Waals surface area (Å²) >= 11 is 12.2. The molecule has 0 radical (unpaired) electrons. The van der Waals surface area contributed by atoms with E-state index in [-0.39, 0.29) is 11.8 Å². The first-order chi connectivity index (χ1) is 15.2. The van der Waals surface area contributed by atoms with Gasteiger partial charge in [0.25, 0.3) is 0 Å². The Morgan fingerprint density at radius 3 is 2.12 bits per heavy atom. The summed E-state index contributed by atoms with van der Waals surface area (Å²) in [7, 11) is 0. The van der Waals surface area contributed by atoms with Gasteiger partial charge in [0, 0.05) is 19.5 Å². The Hall–Kier alpha value is -2.04. The summed E-state index contributed by atoms with van der Waals surface area (Å²) in [5.74, 6) is 0.158. The quantitative estimate of drug-likeness (QED) is 0.427. The van der Waals surface area contributed by atoms with Gasteiger partial charge in [-0.15, -0.1) is 0 Å². The van der Waals surface area contributed by atoms with Crippen LogP contribution in [-0.4, -0.2) is 29.3 Å². The summed E-state index contributed by atoms with van der Waals surface area (Å²) < 4.78 is 0. The lowest BCUT2D eigenvalue weighted by atomic mass is 10.0. The van der Waals surface area contributed by atoms with Crippen molar-refractivity contribution in [3.63, 3.8) is 0 Å². The van der Waals surface area contributed by atoms with Gasteiger partial charge in [0.1, 0.15) is 6.04 Å². The molecular formula is C26H34Cl2N2O2. The van der Waals surface area contributed by atoms with Crippen molar-refractivity contribution in [3.05, 3.63) is 69.2 Å². The molecule has 0 saturated carbocycles. The molecule has 0 aliphatic heterocycles. The summed E-state index contributed by atoms with van der Waals surface area (Å²) in [6.07, 6.45) is 2.48. The first kappa shape index (κ1) is 26.2. The van der Waals surface area contributed by atoms with Gasteiger partial charge in [0.05, 0.1) is 10.0 Å². The predicted molar refractivity (Wildman–Crippen MR) is 133 cm³/mol. The van der Waals surface area contributed by atoms with Gasteiger partial charge in [-0.25, -0.2) is 0 Å². The predicted octanol–water partition coefficient (Wildman–Crippen LogP) is 6.07. The van der Waals surface area contributed by atoms with Crippen LogP contribution in [0, 0.1) is 5.92 Å². The highest BCUT2D eigenvalue weighted by atomic mass is 35.5. The zero-order valence-electron chi connectivity index (χ0n) is 19.5. The van der Waals surface area contributed by atoms with Crippen LogP contribution >= 0.6 is 23.2 Å². The number of nitrogens with one attached hydrogen (secondary N) is 1. The van der Waals surface area contributed by atoms with E-state index in [9.17, 15) is 9.59 Å². The molecule has 174 valence electrons. The van der Waals surface area contributed by atoms with Crippen LogP contribution in [0.4, 0.5) is 0 Å². The van der Waals surface area contributed by atoms with Crippen LogP contribution < -0.4 is 5.32 Å². The smallest absolute Gasteiger partial charge is 0.242 e. The number of halogens is 2. The lowest BCUT2D eigenvalue weighted by molar-refractivity contribution is -0.141. The van der Waals surface area contributed by atoms with Gasteiger partial charge in [0.15, 0.2) is 0 Å². The fourth-order valence-corrected chi connectivity index (χ4v) is 3.83. The Balaban J connectivity index is 2.20. The molecule has 0 fully saturated rings. The minimum absolute atomic E-state index is 0.0535. The number of benzene rings is 2. The summed E-state index contributed by atoms with van der Waals surface area (Å²) in [5.41, 5.74) is 3.23. The number of nitrogens with zero attached hydrogens (tertiary/aromatic N) is 1. The Morgan fingerprint density at radius 2 is 1.56 bits per heavy atom. The van der Waals surface area contributed by atoms with Crippen molar-refractivity contribution in [3.8, 4) is 0 Å². The fraction of sp³-hybridized carbons (Fsp3) is 0.462. The van der Waals surface area contributed by atoms with Gasteiger partial charge in [-0.1, -0.05) is 81.2 Å². The third-order valence-electron chi connectivity index (χ3n) is 5.47. The minimum Gasteiger partial charge on any atom is -0.354 e. The Labute approximate surface area is 202 Å². The van der Waals surface area contributed by atoms with E-state index < -0.39 is 6.04 Å². The fourth-order valence-electron chi connectivity index (χ4n) is 3.51. The topological polar surface area (TPSA) is 49.4 Å². The van der Waals surface area contributed by atoms with Crippen LogP contribution in [0.2, 0.25) is 10.0 Å². The van der Waals surface area contributed by atoms with Crippen LogP contribution in [0.3, 0.4) is 0 Å². The second-order valence-electron chi connectivity index (χ2n) is 8.50. The maximum Gasteiger partial charge on any atom is 0.242 e. The van der Waals surface area contributed by atoms with Crippen LogP contribution in [0.25, 0.3) is 0 Å². The molecule has 0 spiro atoms. The lowest BCUT2D eigenvalue weighted by Gasteiger charge is -2.31. The maximum atomic E-state index is 13.3. The van der Waals surface area contributed by atoms with Gasteiger partial charge in [-0.05, 0) is 54.0 Å². The van der Waals surface area contributed by atoms with E-state index in [4.69, 9.17) is 23.2 Å². The molecule has 0 saturated heterocycles. The molecule has 2 rings (SSSR count). The molecule has 6 heteroatoms. The molecule has 0 heterocycles. The van der Waals surface area contributed by atoms with E-state index in [1.807, 2.05) is 26.8 Å². The number of aryl methyl sites for hydroxylation is 2. The molecule has 1 atom stereocenters. The standard InChI is InChI=1S/C26H34Cl2N2O2/c1-5-19-7-9-20(10-8-19)12-14-25(31)30(17-21-11-13-22(27)23(28)15-21)24(6-2)26(32)29-16-18(3)4/h7-11,13,15,18,24H,5-6,12,14,16-17H2,1-4H3,(H,29,32)/t24-/m0/s1. The van der Waals surface area contributed by atoms with E-state index in [2.05, 4.69) is 36.5 Å². The number of hydrogen-bond donors (Lipinski definition) is 1. The zero-order valence-corrected chi connectivity index (χ0v) is 21.0. The third kappa shape index (κ3) is 7.83. The van der Waals surface area contributed by atoms with Gasteiger partial charge >= 0.3 is 0 Å². The van der Waals surface area contributed by atoms with Crippen LogP contribution in [0.5, 0.6) is 0 Å². The second kappa shape index (κ2) is 12.9. The van der Waals surface area contributed by atoms with Crippen molar-refractivity contribution in [1.29, 1.82) is 0 Å². The molecule has 0 aromatic heterocycles. The first-order valence-corrected chi connectivity index (χ1v) is 12.1. The molecule has 2 aromatic carbocycles. The van der Waals surface area contributed by atoms with Crippen LogP contribution in [-0.2, 0) is 29.0 Å². The third-order valence-corrected chi connectivity index (χ3v) is 6.21. The molecule has 32 heavy (non-hydrogen) atoms. The molecule has 0 aliphatic rings. The largest absolute Gasteiger partial charge is 0.354 e.